The maximum Gasteiger partial charge on any atom is 0.252 e. The van der Waals surface area contributed by atoms with Gasteiger partial charge in [-0.25, -0.2) is 0 Å². The van der Waals surface area contributed by atoms with Crippen molar-refractivity contribution in [2.24, 2.45) is 0 Å². The lowest BCUT2D eigenvalue weighted by molar-refractivity contribution is 1.18. The van der Waals surface area contributed by atoms with E-state index in [1.54, 1.807) is 0 Å². The molecule has 17 aromatic rings. The van der Waals surface area contributed by atoms with Gasteiger partial charge in [0.15, 0.2) is 0 Å². The average Bonchev–Trinajstić information content (AvgIpc) is 1.04. The van der Waals surface area contributed by atoms with Gasteiger partial charge in [-0.2, -0.15) is 0 Å². The summed E-state index contributed by atoms with van der Waals surface area (Å²) in [7, 11) is 0. The van der Waals surface area contributed by atoms with E-state index in [0.29, 0.717) is 0 Å². The van der Waals surface area contributed by atoms with Gasteiger partial charge in [-0.1, -0.05) is 358 Å². The molecule has 107 heavy (non-hydrogen) atoms. The molecule has 502 valence electrons. The van der Waals surface area contributed by atoms with Crippen molar-refractivity contribution in [1.82, 2.24) is 4.57 Å². The van der Waals surface area contributed by atoms with Gasteiger partial charge in [0.05, 0.1) is 22.4 Å². The van der Waals surface area contributed by atoms with Crippen molar-refractivity contribution in [1.29, 1.82) is 0 Å². The van der Waals surface area contributed by atoms with Crippen LogP contribution >= 0.6 is 0 Å². The molecule has 2 aliphatic rings. The first-order valence-corrected chi connectivity index (χ1v) is 37.0. The van der Waals surface area contributed by atoms with E-state index < -0.39 is 0 Å². The Morgan fingerprint density at radius 3 is 1.20 bits per heavy atom. The van der Waals surface area contributed by atoms with Gasteiger partial charge in [0.25, 0.3) is 6.71 Å². The summed E-state index contributed by atoms with van der Waals surface area (Å²) in [4.78, 5) is 5.33. The van der Waals surface area contributed by atoms with E-state index in [1.165, 1.54) is 21.9 Å². The quantitative estimate of drug-likeness (QED) is 0.0948. The Bertz CT molecular complexity index is 6190. The standard InChI is InChI=1S/C103H72BN3/c1-3-93-96(64-70(2)82-52-28-29-53-83(82)71-36-12-4-13-37-71)106(101-86(73-40-16-6-17-41-73)57-34-58-87(101)74-42-18-7-19-43-74)98-68-80(79-65-91(77-48-24-10-25-49-77)103-92(66-79)90-56-32-33-61-95(90)105(103)81-50-26-11-27-51-81)69-99-100(98)104(93)94-63-62-78(85-55-31-30-54-84(85)72-38-14-5-15-39-72)67-97(94)107(99)102-88(75-44-20-8-21-45-75)59-35-60-89(102)76-46-22-9-23-47-76/h3-69H,1H2,2H3/b70-64+. The minimum Gasteiger partial charge on any atom is -0.310 e. The van der Waals surface area contributed by atoms with E-state index in [2.05, 4.69) is 428 Å². The van der Waals surface area contributed by atoms with Crippen LogP contribution in [-0.4, -0.2) is 11.3 Å². The SMILES string of the molecule is C=CC1=C(/C=C(\C)c2ccccc2-c2ccccc2)N(c2c(-c3ccccc3)cccc2-c2ccccc2)c2cc(-c3cc(-c4ccccc4)c4c(c3)c3ccccc3n4-c3ccccc3)cc3c2B1c1ccc(-c2ccccc2-c2ccccc2)cc1N3c1c(-c2ccccc2)cccc1-c1ccccc1. The third kappa shape index (κ3) is 11.3. The first-order chi connectivity index (χ1) is 53.0. The van der Waals surface area contributed by atoms with Crippen LogP contribution in [0.15, 0.2) is 424 Å². The molecule has 0 unspecified atom stereocenters. The summed E-state index contributed by atoms with van der Waals surface area (Å²) in [5.41, 5.74) is 35.6. The van der Waals surface area contributed by atoms with Gasteiger partial charge in [0.1, 0.15) is 0 Å². The molecule has 0 fully saturated rings. The minimum atomic E-state index is -0.352. The molecule has 0 atom stereocenters. The lowest BCUT2D eigenvalue weighted by Gasteiger charge is -2.46. The van der Waals surface area contributed by atoms with Crippen molar-refractivity contribution in [3.05, 3.63) is 430 Å². The number of rotatable bonds is 15. The van der Waals surface area contributed by atoms with Crippen LogP contribution in [0, 0.1) is 0 Å². The zero-order chi connectivity index (χ0) is 71.3. The Morgan fingerprint density at radius 1 is 0.299 bits per heavy atom. The fraction of sp³-hybridized carbons (Fsp3) is 0.00971. The Balaban J connectivity index is 1.01. The van der Waals surface area contributed by atoms with Crippen LogP contribution in [0.25, 0.3) is 133 Å². The number of aromatic nitrogens is 1. The molecule has 3 nitrogen and oxygen atoms in total. The minimum absolute atomic E-state index is 0.352. The van der Waals surface area contributed by atoms with Gasteiger partial charge < -0.3 is 14.4 Å². The second-order valence-electron chi connectivity index (χ2n) is 27.8. The summed E-state index contributed by atoms with van der Waals surface area (Å²) < 4.78 is 2.47. The monoisotopic (exact) mass is 1360 g/mol. The topological polar surface area (TPSA) is 11.4 Å². The molecule has 3 heterocycles. The zero-order valence-corrected chi connectivity index (χ0v) is 59.3. The fourth-order valence-electron chi connectivity index (χ4n) is 17.0. The molecular formula is C103H72BN3. The molecule has 0 radical (unpaired) electrons. The summed E-state index contributed by atoms with van der Waals surface area (Å²) in [6.45, 7) is 6.96. The Labute approximate surface area is 626 Å². The fourth-order valence-corrected chi connectivity index (χ4v) is 17.0. The molecule has 4 heteroatoms. The van der Waals surface area contributed by atoms with E-state index in [1.807, 2.05) is 0 Å². The van der Waals surface area contributed by atoms with Crippen LogP contribution in [0.1, 0.15) is 12.5 Å². The van der Waals surface area contributed by atoms with E-state index in [9.17, 15) is 0 Å². The van der Waals surface area contributed by atoms with Gasteiger partial charge in [0.2, 0.25) is 0 Å². The van der Waals surface area contributed by atoms with Crippen LogP contribution in [0.2, 0.25) is 0 Å². The van der Waals surface area contributed by atoms with Crippen molar-refractivity contribution in [2.75, 3.05) is 9.80 Å². The molecule has 0 saturated heterocycles. The summed E-state index contributed by atoms with van der Waals surface area (Å²) in [6.07, 6.45) is 4.67. The number of benzene rings is 16. The van der Waals surface area contributed by atoms with E-state index >= 15 is 0 Å². The third-order valence-corrected chi connectivity index (χ3v) is 21.7. The van der Waals surface area contributed by atoms with Gasteiger partial charge >= 0.3 is 0 Å². The Kier molecular flexibility index (Phi) is 16.4. The molecule has 19 rings (SSSR count). The molecular weight excluding hydrogens is 1290 g/mol. The molecule has 1 aromatic heterocycles. The smallest absolute Gasteiger partial charge is 0.252 e. The number of hydrogen-bond donors (Lipinski definition) is 0. The van der Waals surface area contributed by atoms with Gasteiger partial charge in [0, 0.05) is 67.0 Å². The summed E-state index contributed by atoms with van der Waals surface area (Å²) in [5, 5.41) is 2.34. The van der Waals surface area contributed by atoms with Crippen molar-refractivity contribution >= 4 is 73.5 Å². The van der Waals surface area contributed by atoms with Gasteiger partial charge in [-0.05, 0) is 161 Å². The maximum absolute atomic E-state index is 5.01. The second-order valence-corrected chi connectivity index (χ2v) is 27.8. The number of hydrogen-bond acceptors (Lipinski definition) is 2. The van der Waals surface area contributed by atoms with Gasteiger partial charge in [-0.15, -0.1) is 0 Å². The highest BCUT2D eigenvalue weighted by Gasteiger charge is 2.46. The van der Waals surface area contributed by atoms with Gasteiger partial charge in [-0.3, -0.25) is 0 Å². The number of nitrogens with zero attached hydrogens (tertiary/aromatic N) is 3. The molecule has 16 aromatic carbocycles. The highest BCUT2D eigenvalue weighted by atomic mass is 15.2. The molecule has 0 saturated carbocycles. The highest BCUT2D eigenvalue weighted by Crippen LogP contribution is 2.55. The lowest BCUT2D eigenvalue weighted by atomic mass is 9.32. The number of allylic oxidation sites excluding steroid dienone is 4. The normalized spacial score (nSPS) is 12.5. The lowest BCUT2D eigenvalue weighted by Crippen LogP contribution is -2.56. The van der Waals surface area contributed by atoms with Crippen LogP contribution in [0.3, 0.4) is 0 Å². The predicted octanol–water partition coefficient (Wildman–Crippen LogP) is 26.4. The van der Waals surface area contributed by atoms with Crippen molar-refractivity contribution in [3.63, 3.8) is 0 Å². The van der Waals surface area contributed by atoms with E-state index in [-0.39, 0.29) is 6.71 Å². The van der Waals surface area contributed by atoms with E-state index in [0.717, 1.165) is 167 Å². The number of fused-ring (bicyclic) bond motifs is 5. The third-order valence-electron chi connectivity index (χ3n) is 21.7. The number of para-hydroxylation sites is 4. The largest absolute Gasteiger partial charge is 0.310 e. The predicted molar refractivity (Wildman–Crippen MR) is 455 cm³/mol. The maximum atomic E-state index is 5.01. The zero-order valence-electron chi connectivity index (χ0n) is 59.3. The summed E-state index contributed by atoms with van der Waals surface area (Å²) in [6, 6.07) is 146. The molecule has 0 spiro atoms. The van der Waals surface area contributed by atoms with Crippen LogP contribution < -0.4 is 20.7 Å². The average molecular weight is 1360 g/mol. The van der Waals surface area contributed by atoms with Crippen LogP contribution in [-0.2, 0) is 0 Å². The molecule has 0 aliphatic carbocycles. The summed E-state index contributed by atoms with van der Waals surface area (Å²) >= 11 is 0. The highest BCUT2D eigenvalue weighted by molar-refractivity contribution is 6.95. The second kappa shape index (κ2) is 27.4. The Hall–Kier alpha value is -13.8. The molecule has 0 bridgehead atoms. The van der Waals surface area contributed by atoms with Crippen molar-refractivity contribution < 1.29 is 0 Å². The van der Waals surface area contributed by atoms with Crippen LogP contribution in [0.4, 0.5) is 28.4 Å². The Morgan fingerprint density at radius 2 is 0.682 bits per heavy atom. The first-order valence-electron chi connectivity index (χ1n) is 37.0. The van der Waals surface area contributed by atoms with E-state index in [4.69, 9.17) is 6.58 Å². The molecule has 2 aliphatic heterocycles. The van der Waals surface area contributed by atoms with Crippen LogP contribution in [0.5, 0.6) is 0 Å². The molecule has 0 N–H and O–H groups in total. The molecule has 0 amide bonds. The summed E-state index contributed by atoms with van der Waals surface area (Å²) in [5.74, 6) is 0. The number of anilines is 5. The van der Waals surface area contributed by atoms with Crippen molar-refractivity contribution in [3.8, 4) is 106 Å². The first kappa shape index (κ1) is 64.1. The van der Waals surface area contributed by atoms with Crippen molar-refractivity contribution in [2.45, 2.75) is 6.92 Å².